The minimum atomic E-state index is -0.918. The summed E-state index contributed by atoms with van der Waals surface area (Å²) in [5.74, 6) is 0.454. The molecule has 1 amide bonds. The molecule has 0 saturated carbocycles. The number of aliphatic hydroxyl groups is 1. The zero-order valence-electron chi connectivity index (χ0n) is 14.7. The van der Waals surface area contributed by atoms with Crippen LogP contribution in [0.3, 0.4) is 0 Å². The van der Waals surface area contributed by atoms with E-state index in [-0.39, 0.29) is 24.8 Å². The highest BCUT2D eigenvalue weighted by atomic mass is 19.1. The number of benzene rings is 2. The van der Waals surface area contributed by atoms with Gasteiger partial charge in [0, 0.05) is 19.5 Å². The van der Waals surface area contributed by atoms with Gasteiger partial charge in [0.05, 0.1) is 0 Å². The van der Waals surface area contributed by atoms with Crippen LogP contribution in [0.2, 0.25) is 0 Å². The van der Waals surface area contributed by atoms with Gasteiger partial charge < -0.3 is 14.7 Å². The largest absolute Gasteiger partial charge is 0.491 e. The summed E-state index contributed by atoms with van der Waals surface area (Å²) in [6.07, 6.45) is 1.62. The number of aryl methyl sites for hydroxylation is 1. The van der Waals surface area contributed by atoms with Crippen LogP contribution in [0.5, 0.6) is 5.75 Å². The van der Waals surface area contributed by atoms with E-state index in [1.165, 1.54) is 6.07 Å². The molecule has 138 valence electrons. The number of rotatable bonds is 6. The SMILES string of the molecule is O=C(CCc1ccccc1F)N1CCC(O)(COc2ccccc2)CC1. The number of likely N-dealkylation sites (tertiary alicyclic amines) is 1. The lowest BCUT2D eigenvalue weighted by Gasteiger charge is -2.38. The van der Waals surface area contributed by atoms with Gasteiger partial charge in [-0.25, -0.2) is 4.39 Å². The lowest BCUT2D eigenvalue weighted by molar-refractivity contribution is -0.136. The molecule has 0 aromatic heterocycles. The Bertz CT molecular complexity index is 727. The molecule has 0 aliphatic carbocycles. The fraction of sp³-hybridized carbons (Fsp3) is 0.381. The zero-order chi connectivity index (χ0) is 18.4. The fourth-order valence-corrected chi connectivity index (χ4v) is 3.15. The molecule has 0 atom stereocenters. The molecule has 2 aromatic rings. The first kappa shape index (κ1) is 18.4. The molecule has 1 heterocycles. The van der Waals surface area contributed by atoms with Crippen molar-refractivity contribution in [2.24, 2.45) is 0 Å². The Labute approximate surface area is 153 Å². The van der Waals surface area contributed by atoms with E-state index < -0.39 is 5.60 Å². The van der Waals surface area contributed by atoms with Crippen molar-refractivity contribution in [2.75, 3.05) is 19.7 Å². The molecule has 0 radical (unpaired) electrons. The highest BCUT2D eigenvalue weighted by Crippen LogP contribution is 2.24. The number of piperidine rings is 1. The number of hydrogen-bond acceptors (Lipinski definition) is 3. The van der Waals surface area contributed by atoms with Crippen molar-refractivity contribution in [3.05, 3.63) is 66.0 Å². The van der Waals surface area contributed by atoms with E-state index >= 15 is 0 Å². The number of para-hydroxylation sites is 1. The van der Waals surface area contributed by atoms with Crippen LogP contribution in [0.1, 0.15) is 24.8 Å². The number of carbonyl (C=O) groups is 1. The van der Waals surface area contributed by atoms with Gasteiger partial charge in [-0.1, -0.05) is 36.4 Å². The Morgan fingerprint density at radius 1 is 1.08 bits per heavy atom. The van der Waals surface area contributed by atoms with Gasteiger partial charge in [-0.05, 0) is 43.0 Å². The van der Waals surface area contributed by atoms with Crippen molar-refractivity contribution in [3.8, 4) is 5.75 Å². The van der Waals surface area contributed by atoms with E-state index in [1.54, 1.807) is 23.1 Å². The molecular formula is C21H24FNO3. The lowest BCUT2D eigenvalue weighted by Crippen LogP contribution is -2.49. The van der Waals surface area contributed by atoms with Crippen molar-refractivity contribution in [1.29, 1.82) is 0 Å². The standard InChI is InChI=1S/C21H24FNO3/c22-19-9-5-4-6-17(19)10-11-20(24)23-14-12-21(25,13-15-23)16-26-18-7-2-1-3-8-18/h1-9,25H,10-16H2. The molecule has 1 N–H and O–H groups in total. The summed E-state index contributed by atoms with van der Waals surface area (Å²) >= 11 is 0. The van der Waals surface area contributed by atoms with E-state index in [0.717, 1.165) is 5.75 Å². The Balaban J connectivity index is 1.45. The van der Waals surface area contributed by atoms with Gasteiger partial charge in [-0.3, -0.25) is 4.79 Å². The van der Waals surface area contributed by atoms with Crippen LogP contribution in [0.25, 0.3) is 0 Å². The Morgan fingerprint density at radius 2 is 1.73 bits per heavy atom. The summed E-state index contributed by atoms with van der Waals surface area (Å²) in [6.45, 7) is 1.20. The van der Waals surface area contributed by atoms with Crippen molar-refractivity contribution in [1.82, 2.24) is 4.90 Å². The van der Waals surface area contributed by atoms with Crippen LogP contribution >= 0.6 is 0 Å². The van der Waals surface area contributed by atoms with Crippen LogP contribution in [0, 0.1) is 5.82 Å². The molecule has 2 aromatic carbocycles. The average molecular weight is 357 g/mol. The van der Waals surface area contributed by atoms with Crippen LogP contribution in [0.4, 0.5) is 4.39 Å². The second-order valence-corrected chi connectivity index (χ2v) is 6.80. The normalized spacial score (nSPS) is 16.3. The highest BCUT2D eigenvalue weighted by Gasteiger charge is 2.34. The number of halogens is 1. The van der Waals surface area contributed by atoms with E-state index in [1.807, 2.05) is 30.3 Å². The molecule has 0 spiro atoms. The predicted molar refractivity (Wildman–Crippen MR) is 97.4 cm³/mol. The summed E-state index contributed by atoms with van der Waals surface area (Å²) < 4.78 is 19.3. The molecule has 1 aliphatic rings. The zero-order valence-corrected chi connectivity index (χ0v) is 14.7. The van der Waals surface area contributed by atoms with E-state index in [9.17, 15) is 14.3 Å². The smallest absolute Gasteiger partial charge is 0.222 e. The third kappa shape index (κ3) is 4.82. The number of amides is 1. The second-order valence-electron chi connectivity index (χ2n) is 6.80. The van der Waals surface area contributed by atoms with Crippen molar-refractivity contribution in [2.45, 2.75) is 31.3 Å². The first-order valence-electron chi connectivity index (χ1n) is 8.97. The fourth-order valence-electron chi connectivity index (χ4n) is 3.15. The van der Waals surface area contributed by atoms with Crippen molar-refractivity contribution < 1.29 is 19.0 Å². The third-order valence-corrected chi connectivity index (χ3v) is 4.86. The minimum Gasteiger partial charge on any atom is -0.491 e. The molecule has 1 saturated heterocycles. The quantitative estimate of drug-likeness (QED) is 0.864. The van der Waals surface area contributed by atoms with Crippen LogP contribution < -0.4 is 4.74 Å². The minimum absolute atomic E-state index is 0.000666. The summed E-state index contributed by atoms with van der Waals surface area (Å²) in [5, 5.41) is 10.7. The Hall–Kier alpha value is -2.40. The Kier molecular flexibility index (Phi) is 5.89. The maximum atomic E-state index is 13.6. The summed E-state index contributed by atoms with van der Waals surface area (Å²) in [5.41, 5.74) is -0.358. The molecule has 4 nitrogen and oxygen atoms in total. The number of ether oxygens (including phenoxy) is 1. The maximum Gasteiger partial charge on any atom is 0.222 e. The van der Waals surface area contributed by atoms with Crippen LogP contribution in [0.15, 0.2) is 54.6 Å². The molecule has 3 rings (SSSR count). The molecule has 26 heavy (non-hydrogen) atoms. The van der Waals surface area contributed by atoms with Gasteiger partial charge in [0.15, 0.2) is 0 Å². The monoisotopic (exact) mass is 357 g/mol. The van der Waals surface area contributed by atoms with Gasteiger partial charge in [0.2, 0.25) is 5.91 Å². The van der Waals surface area contributed by atoms with Crippen molar-refractivity contribution >= 4 is 5.91 Å². The molecule has 0 unspecified atom stereocenters. The summed E-state index contributed by atoms with van der Waals surface area (Å²) in [7, 11) is 0. The first-order chi connectivity index (χ1) is 12.6. The molecule has 1 aliphatic heterocycles. The van der Waals surface area contributed by atoms with Gasteiger partial charge in [0.25, 0.3) is 0 Å². The molecule has 5 heteroatoms. The maximum absolute atomic E-state index is 13.6. The van der Waals surface area contributed by atoms with E-state index in [2.05, 4.69) is 0 Å². The number of hydrogen-bond donors (Lipinski definition) is 1. The predicted octanol–water partition coefficient (Wildman–Crippen LogP) is 3.19. The summed E-state index contributed by atoms with van der Waals surface area (Å²) in [4.78, 5) is 14.1. The first-order valence-corrected chi connectivity index (χ1v) is 8.97. The Morgan fingerprint density at radius 3 is 2.42 bits per heavy atom. The topological polar surface area (TPSA) is 49.8 Å². The summed E-state index contributed by atoms with van der Waals surface area (Å²) in [6, 6.07) is 15.9. The molecule has 1 fully saturated rings. The van der Waals surface area contributed by atoms with Gasteiger partial charge in [-0.15, -0.1) is 0 Å². The average Bonchev–Trinajstić information content (AvgIpc) is 2.67. The lowest BCUT2D eigenvalue weighted by atomic mass is 9.92. The van der Waals surface area contributed by atoms with Crippen LogP contribution in [-0.4, -0.2) is 41.2 Å². The molecular weight excluding hydrogens is 333 g/mol. The van der Waals surface area contributed by atoms with Gasteiger partial charge in [-0.2, -0.15) is 0 Å². The third-order valence-electron chi connectivity index (χ3n) is 4.86. The van der Waals surface area contributed by atoms with E-state index in [0.29, 0.717) is 37.9 Å². The number of carbonyl (C=O) groups excluding carboxylic acids is 1. The van der Waals surface area contributed by atoms with Crippen molar-refractivity contribution in [3.63, 3.8) is 0 Å². The number of nitrogens with zero attached hydrogens (tertiary/aromatic N) is 1. The van der Waals surface area contributed by atoms with Gasteiger partial charge in [0.1, 0.15) is 23.8 Å². The van der Waals surface area contributed by atoms with Crippen LogP contribution in [-0.2, 0) is 11.2 Å². The van der Waals surface area contributed by atoms with E-state index in [4.69, 9.17) is 4.74 Å². The van der Waals surface area contributed by atoms with Gasteiger partial charge >= 0.3 is 0 Å². The molecule has 0 bridgehead atoms. The highest BCUT2D eigenvalue weighted by molar-refractivity contribution is 5.76. The second kappa shape index (κ2) is 8.32.